The van der Waals surface area contributed by atoms with Crippen molar-refractivity contribution in [3.63, 3.8) is 0 Å². The van der Waals surface area contributed by atoms with Crippen LogP contribution in [0.25, 0.3) is 0 Å². The summed E-state index contributed by atoms with van der Waals surface area (Å²) in [6.07, 6.45) is 0.657. The van der Waals surface area contributed by atoms with E-state index in [1.54, 1.807) is 43.3 Å². The van der Waals surface area contributed by atoms with Gasteiger partial charge in [0.25, 0.3) is 5.91 Å². The van der Waals surface area contributed by atoms with Crippen molar-refractivity contribution in [1.82, 2.24) is 5.43 Å². The zero-order valence-corrected chi connectivity index (χ0v) is 16.1. The highest BCUT2D eigenvalue weighted by molar-refractivity contribution is 5.88. The molecule has 0 saturated carbocycles. The molecule has 0 bridgehead atoms. The number of nitrogens with zero attached hydrogens (tertiary/aromatic N) is 2. The van der Waals surface area contributed by atoms with Crippen molar-refractivity contribution in [2.24, 2.45) is 5.10 Å². The van der Waals surface area contributed by atoms with Crippen molar-refractivity contribution in [2.75, 3.05) is 21.3 Å². The molecule has 2 rings (SSSR count). The van der Waals surface area contributed by atoms with E-state index < -0.39 is 12.0 Å². The van der Waals surface area contributed by atoms with E-state index in [1.165, 1.54) is 27.5 Å². The van der Waals surface area contributed by atoms with E-state index in [0.717, 1.165) is 0 Å². The molecule has 0 aliphatic heterocycles. The molecule has 2 aromatic rings. The maximum absolute atomic E-state index is 12.2. The topological polar surface area (TPSA) is 102 Å². The summed E-state index contributed by atoms with van der Waals surface area (Å²) < 4.78 is 21.4. The molecule has 1 N–H and O–H groups in total. The molecule has 0 saturated heterocycles. The van der Waals surface area contributed by atoms with Gasteiger partial charge in [-0.2, -0.15) is 10.4 Å². The second-order valence-electron chi connectivity index (χ2n) is 5.55. The van der Waals surface area contributed by atoms with E-state index in [9.17, 15) is 4.79 Å². The molecule has 1 unspecified atom stereocenters. The monoisotopic (exact) mass is 383 g/mol. The van der Waals surface area contributed by atoms with Crippen LogP contribution in [0.3, 0.4) is 0 Å². The molecular formula is C20H21N3O5. The summed E-state index contributed by atoms with van der Waals surface area (Å²) >= 11 is 0. The van der Waals surface area contributed by atoms with Gasteiger partial charge in [-0.3, -0.25) is 4.79 Å². The lowest BCUT2D eigenvalue weighted by Gasteiger charge is -2.14. The van der Waals surface area contributed by atoms with E-state index in [-0.39, 0.29) is 0 Å². The first-order chi connectivity index (χ1) is 13.5. The van der Waals surface area contributed by atoms with Gasteiger partial charge in [-0.25, -0.2) is 5.43 Å². The lowest BCUT2D eigenvalue weighted by Crippen LogP contribution is -2.33. The molecule has 0 radical (unpaired) electrons. The molecule has 0 aliphatic rings. The van der Waals surface area contributed by atoms with Crippen LogP contribution >= 0.6 is 0 Å². The van der Waals surface area contributed by atoms with Gasteiger partial charge >= 0.3 is 0 Å². The van der Waals surface area contributed by atoms with Crippen LogP contribution in [0.5, 0.6) is 23.0 Å². The van der Waals surface area contributed by atoms with Gasteiger partial charge < -0.3 is 18.9 Å². The fourth-order valence-electron chi connectivity index (χ4n) is 2.35. The van der Waals surface area contributed by atoms with Crippen LogP contribution in [-0.2, 0) is 4.79 Å². The average molecular weight is 383 g/mol. The molecule has 0 aliphatic carbocycles. The molecule has 0 heterocycles. The van der Waals surface area contributed by atoms with E-state index in [1.807, 2.05) is 6.07 Å². The number of hydrogen-bond acceptors (Lipinski definition) is 7. The molecule has 0 spiro atoms. The van der Waals surface area contributed by atoms with Crippen LogP contribution in [0.2, 0.25) is 0 Å². The number of nitriles is 1. The van der Waals surface area contributed by atoms with Crippen LogP contribution in [0.4, 0.5) is 0 Å². The first-order valence-corrected chi connectivity index (χ1v) is 8.32. The standard InChI is InChI=1S/C20H21N3O5/c1-13(28-16-8-5-14(11-21)6-9-16)20(24)23-22-12-15-7-10-17(25-2)19(27-4)18(15)26-3/h5-10,12-13H,1-4H3,(H,23,24)/b22-12+. The molecule has 8 nitrogen and oxygen atoms in total. The summed E-state index contributed by atoms with van der Waals surface area (Å²) in [6, 6.07) is 11.9. The number of methoxy groups -OCH3 is 3. The fourth-order valence-corrected chi connectivity index (χ4v) is 2.35. The smallest absolute Gasteiger partial charge is 0.280 e. The molecule has 0 fully saturated rings. The lowest BCUT2D eigenvalue weighted by molar-refractivity contribution is -0.127. The van der Waals surface area contributed by atoms with Crippen LogP contribution in [0.15, 0.2) is 41.5 Å². The van der Waals surface area contributed by atoms with Crippen molar-refractivity contribution < 1.29 is 23.7 Å². The molecule has 2 aromatic carbocycles. The Morgan fingerprint density at radius 2 is 1.75 bits per heavy atom. The second kappa shape index (κ2) is 9.83. The van der Waals surface area contributed by atoms with Crippen molar-refractivity contribution in [3.05, 3.63) is 47.5 Å². The van der Waals surface area contributed by atoms with Crippen molar-refractivity contribution >= 4 is 12.1 Å². The number of carbonyl (C=O) groups is 1. The first-order valence-electron chi connectivity index (χ1n) is 8.32. The van der Waals surface area contributed by atoms with Crippen molar-refractivity contribution in [2.45, 2.75) is 13.0 Å². The number of hydrazone groups is 1. The zero-order chi connectivity index (χ0) is 20.5. The Kier molecular flexibility index (Phi) is 7.22. The quantitative estimate of drug-likeness (QED) is 0.555. The van der Waals surface area contributed by atoms with Gasteiger partial charge in [-0.15, -0.1) is 0 Å². The largest absolute Gasteiger partial charge is 0.493 e. The molecule has 8 heteroatoms. The SMILES string of the molecule is COc1ccc(/C=N/NC(=O)C(C)Oc2ccc(C#N)cc2)c(OC)c1OC. The molecular weight excluding hydrogens is 362 g/mol. The minimum absolute atomic E-state index is 0.429. The highest BCUT2D eigenvalue weighted by Crippen LogP contribution is 2.38. The van der Waals surface area contributed by atoms with Crippen LogP contribution < -0.4 is 24.4 Å². The summed E-state index contributed by atoms with van der Waals surface area (Å²) in [7, 11) is 4.53. The Labute approximate surface area is 163 Å². The van der Waals surface area contributed by atoms with Crippen LogP contribution in [0.1, 0.15) is 18.1 Å². The maximum Gasteiger partial charge on any atom is 0.280 e. The van der Waals surface area contributed by atoms with Gasteiger partial charge in [-0.1, -0.05) is 0 Å². The normalized spacial score (nSPS) is 11.4. The summed E-state index contributed by atoms with van der Waals surface area (Å²) in [6.45, 7) is 1.60. The fraction of sp³-hybridized carbons (Fsp3) is 0.250. The van der Waals surface area contributed by atoms with E-state index in [0.29, 0.717) is 34.1 Å². The van der Waals surface area contributed by atoms with Crippen molar-refractivity contribution in [3.8, 4) is 29.1 Å². The van der Waals surface area contributed by atoms with Gasteiger partial charge in [0, 0.05) is 5.56 Å². The van der Waals surface area contributed by atoms with E-state index in [4.69, 9.17) is 24.2 Å². The highest BCUT2D eigenvalue weighted by atomic mass is 16.5. The number of benzene rings is 2. The number of rotatable bonds is 8. The summed E-state index contributed by atoms with van der Waals surface area (Å²) in [5.74, 6) is 1.43. The van der Waals surface area contributed by atoms with Crippen LogP contribution in [0, 0.1) is 11.3 Å². The number of carbonyl (C=O) groups excluding carboxylic acids is 1. The molecule has 146 valence electrons. The summed E-state index contributed by atoms with van der Waals surface area (Å²) in [5.41, 5.74) is 3.53. The Bertz CT molecular complexity index is 888. The predicted octanol–water partition coefficient (Wildman–Crippen LogP) is 2.50. The zero-order valence-electron chi connectivity index (χ0n) is 16.1. The Morgan fingerprint density at radius 3 is 2.32 bits per heavy atom. The number of ether oxygens (including phenoxy) is 4. The van der Waals surface area contributed by atoms with Gasteiger partial charge in [0.1, 0.15) is 5.75 Å². The Morgan fingerprint density at radius 1 is 1.07 bits per heavy atom. The third-order valence-corrected chi connectivity index (χ3v) is 3.78. The third-order valence-electron chi connectivity index (χ3n) is 3.78. The molecule has 0 aromatic heterocycles. The first kappa shape index (κ1) is 20.6. The molecule has 1 atom stereocenters. The van der Waals surface area contributed by atoms with E-state index >= 15 is 0 Å². The number of amides is 1. The lowest BCUT2D eigenvalue weighted by atomic mass is 10.2. The second-order valence-corrected chi connectivity index (χ2v) is 5.55. The maximum atomic E-state index is 12.2. The third kappa shape index (κ3) is 4.92. The number of hydrogen-bond donors (Lipinski definition) is 1. The Hall–Kier alpha value is -3.73. The summed E-state index contributed by atoms with van der Waals surface area (Å²) in [5, 5.41) is 12.7. The van der Waals surface area contributed by atoms with Gasteiger partial charge in [0.15, 0.2) is 17.6 Å². The minimum Gasteiger partial charge on any atom is -0.493 e. The molecule has 28 heavy (non-hydrogen) atoms. The predicted molar refractivity (Wildman–Crippen MR) is 103 cm³/mol. The highest BCUT2D eigenvalue weighted by Gasteiger charge is 2.16. The van der Waals surface area contributed by atoms with Crippen molar-refractivity contribution in [1.29, 1.82) is 5.26 Å². The van der Waals surface area contributed by atoms with Gasteiger partial charge in [0.05, 0.1) is 39.2 Å². The molecule has 1 amide bonds. The van der Waals surface area contributed by atoms with Gasteiger partial charge in [-0.05, 0) is 43.3 Å². The Balaban J connectivity index is 2.03. The average Bonchev–Trinajstić information content (AvgIpc) is 2.73. The summed E-state index contributed by atoms with van der Waals surface area (Å²) in [4.78, 5) is 12.2. The minimum atomic E-state index is -0.780. The number of nitrogens with one attached hydrogen (secondary N) is 1. The van der Waals surface area contributed by atoms with Crippen LogP contribution in [-0.4, -0.2) is 39.6 Å². The van der Waals surface area contributed by atoms with E-state index in [2.05, 4.69) is 10.5 Å². The van der Waals surface area contributed by atoms with Gasteiger partial charge in [0.2, 0.25) is 5.75 Å².